The van der Waals surface area contributed by atoms with Gasteiger partial charge in [0.25, 0.3) is 0 Å². The highest BCUT2D eigenvalue weighted by Gasteiger charge is 2.00. The zero-order chi connectivity index (χ0) is 13.9. The Morgan fingerprint density at radius 1 is 1.32 bits per heavy atom. The van der Waals surface area contributed by atoms with E-state index in [1.54, 1.807) is 0 Å². The minimum Gasteiger partial charge on any atom is -0.466 e. The largest absolute Gasteiger partial charge is 0.466 e. The van der Waals surface area contributed by atoms with E-state index in [0.717, 1.165) is 32.4 Å². The van der Waals surface area contributed by atoms with E-state index < -0.39 is 0 Å². The molecule has 19 heavy (non-hydrogen) atoms. The van der Waals surface area contributed by atoms with Gasteiger partial charge in [0, 0.05) is 13.0 Å². The number of carbonyl (C=O) groups is 1. The van der Waals surface area contributed by atoms with Gasteiger partial charge in [0.05, 0.1) is 6.61 Å². The first-order valence-electron chi connectivity index (χ1n) is 7.14. The third kappa shape index (κ3) is 7.62. The molecule has 1 rings (SSSR count). The fourth-order valence-corrected chi connectivity index (χ4v) is 1.83. The summed E-state index contributed by atoms with van der Waals surface area (Å²) in [6.07, 6.45) is 3.37. The van der Waals surface area contributed by atoms with E-state index in [0.29, 0.717) is 13.0 Å². The van der Waals surface area contributed by atoms with Crippen molar-refractivity contribution in [2.45, 2.75) is 46.1 Å². The summed E-state index contributed by atoms with van der Waals surface area (Å²) in [4.78, 5) is 11.3. The Labute approximate surface area is 116 Å². The average Bonchev–Trinajstić information content (AvgIpc) is 2.40. The van der Waals surface area contributed by atoms with Crippen LogP contribution in [0.15, 0.2) is 24.3 Å². The molecule has 0 aliphatic carbocycles. The molecule has 0 saturated heterocycles. The van der Waals surface area contributed by atoms with Crippen molar-refractivity contribution in [2.24, 2.45) is 0 Å². The minimum atomic E-state index is -0.0689. The molecule has 0 radical (unpaired) electrons. The lowest BCUT2D eigenvalue weighted by Gasteiger charge is -2.07. The van der Waals surface area contributed by atoms with Gasteiger partial charge in [-0.05, 0) is 31.9 Å². The van der Waals surface area contributed by atoms with E-state index in [-0.39, 0.29) is 5.97 Å². The fraction of sp³-hybridized carbons (Fsp3) is 0.562. The van der Waals surface area contributed by atoms with Gasteiger partial charge >= 0.3 is 5.97 Å². The van der Waals surface area contributed by atoms with E-state index in [1.807, 2.05) is 0 Å². The van der Waals surface area contributed by atoms with Crippen LogP contribution in [0.2, 0.25) is 0 Å². The zero-order valence-electron chi connectivity index (χ0n) is 12.1. The monoisotopic (exact) mass is 263 g/mol. The highest BCUT2D eigenvalue weighted by atomic mass is 16.5. The van der Waals surface area contributed by atoms with Crippen molar-refractivity contribution in [3.8, 4) is 0 Å². The van der Waals surface area contributed by atoms with Crippen molar-refractivity contribution in [3.05, 3.63) is 35.4 Å². The molecular formula is C16H25NO2. The molecule has 0 amide bonds. The molecule has 0 aliphatic heterocycles. The Morgan fingerprint density at radius 3 is 2.89 bits per heavy atom. The number of rotatable bonds is 9. The number of ether oxygens (including phenoxy) is 1. The second-order valence-electron chi connectivity index (χ2n) is 4.84. The van der Waals surface area contributed by atoms with Crippen molar-refractivity contribution in [1.82, 2.24) is 5.32 Å². The van der Waals surface area contributed by atoms with Crippen molar-refractivity contribution < 1.29 is 9.53 Å². The molecule has 1 N–H and O–H groups in total. The van der Waals surface area contributed by atoms with E-state index in [9.17, 15) is 4.79 Å². The zero-order valence-corrected chi connectivity index (χ0v) is 12.1. The maximum absolute atomic E-state index is 11.3. The molecule has 0 aromatic heterocycles. The normalized spacial score (nSPS) is 10.4. The Morgan fingerprint density at radius 2 is 2.16 bits per heavy atom. The van der Waals surface area contributed by atoms with Crippen molar-refractivity contribution in [1.29, 1.82) is 0 Å². The van der Waals surface area contributed by atoms with Crippen LogP contribution in [0.4, 0.5) is 0 Å². The maximum Gasteiger partial charge on any atom is 0.305 e. The third-order valence-electron chi connectivity index (χ3n) is 2.91. The molecule has 0 atom stereocenters. The predicted octanol–water partition coefficient (Wildman–Crippen LogP) is 3.21. The first-order chi connectivity index (χ1) is 9.22. The van der Waals surface area contributed by atoms with E-state index in [4.69, 9.17) is 4.74 Å². The van der Waals surface area contributed by atoms with Gasteiger partial charge in [0.15, 0.2) is 0 Å². The lowest BCUT2D eigenvalue weighted by molar-refractivity contribution is -0.143. The molecule has 3 heteroatoms. The van der Waals surface area contributed by atoms with Gasteiger partial charge in [-0.1, -0.05) is 43.2 Å². The highest BCUT2D eigenvalue weighted by Crippen LogP contribution is 2.03. The lowest BCUT2D eigenvalue weighted by atomic mass is 10.1. The standard InChI is InChI=1S/C16H25NO2/c1-3-4-9-16(18)19-11-6-10-17-13-15-8-5-7-14(2)12-15/h5,7-8,12,17H,3-4,6,9-11,13H2,1-2H3. The molecule has 0 heterocycles. The number of hydrogen-bond acceptors (Lipinski definition) is 3. The van der Waals surface area contributed by atoms with Gasteiger partial charge < -0.3 is 10.1 Å². The Bertz CT molecular complexity index is 377. The lowest BCUT2D eigenvalue weighted by Crippen LogP contribution is -2.17. The molecule has 106 valence electrons. The minimum absolute atomic E-state index is 0.0689. The number of nitrogens with one attached hydrogen (secondary N) is 1. The maximum atomic E-state index is 11.3. The van der Waals surface area contributed by atoms with Crippen LogP contribution in [0.3, 0.4) is 0 Å². The van der Waals surface area contributed by atoms with Crippen molar-refractivity contribution in [3.63, 3.8) is 0 Å². The fourth-order valence-electron chi connectivity index (χ4n) is 1.83. The second-order valence-corrected chi connectivity index (χ2v) is 4.84. The van der Waals surface area contributed by atoms with Crippen LogP contribution in [-0.2, 0) is 16.1 Å². The van der Waals surface area contributed by atoms with Gasteiger partial charge in [-0.2, -0.15) is 0 Å². The Kier molecular flexibility index (Phi) is 7.91. The van der Waals surface area contributed by atoms with Gasteiger partial charge in [-0.3, -0.25) is 4.79 Å². The van der Waals surface area contributed by atoms with E-state index >= 15 is 0 Å². The highest BCUT2D eigenvalue weighted by molar-refractivity contribution is 5.69. The summed E-state index contributed by atoms with van der Waals surface area (Å²) in [6, 6.07) is 8.46. The quantitative estimate of drug-likeness (QED) is 0.549. The van der Waals surface area contributed by atoms with E-state index in [2.05, 4.69) is 43.4 Å². The summed E-state index contributed by atoms with van der Waals surface area (Å²) in [5, 5.41) is 3.35. The molecule has 0 spiro atoms. The van der Waals surface area contributed by atoms with Crippen LogP contribution in [0, 0.1) is 6.92 Å². The molecule has 0 unspecified atom stereocenters. The van der Waals surface area contributed by atoms with Crippen LogP contribution in [0.25, 0.3) is 0 Å². The number of unbranched alkanes of at least 4 members (excludes halogenated alkanes) is 1. The third-order valence-corrected chi connectivity index (χ3v) is 2.91. The SMILES string of the molecule is CCCCC(=O)OCCCNCc1cccc(C)c1. The van der Waals surface area contributed by atoms with Gasteiger partial charge in [0.1, 0.15) is 0 Å². The molecule has 1 aromatic carbocycles. The van der Waals surface area contributed by atoms with Crippen LogP contribution in [0.5, 0.6) is 0 Å². The Hall–Kier alpha value is -1.35. The summed E-state index contributed by atoms with van der Waals surface area (Å²) in [6.45, 7) is 6.42. The summed E-state index contributed by atoms with van der Waals surface area (Å²) in [5.41, 5.74) is 2.57. The summed E-state index contributed by atoms with van der Waals surface area (Å²) >= 11 is 0. The van der Waals surface area contributed by atoms with Crippen LogP contribution < -0.4 is 5.32 Å². The van der Waals surface area contributed by atoms with Gasteiger partial charge in [0.2, 0.25) is 0 Å². The van der Waals surface area contributed by atoms with Gasteiger partial charge in [-0.25, -0.2) is 0 Å². The number of hydrogen-bond donors (Lipinski definition) is 1. The molecular weight excluding hydrogens is 238 g/mol. The number of carbonyl (C=O) groups excluding carboxylic acids is 1. The molecule has 0 fully saturated rings. The van der Waals surface area contributed by atoms with Crippen LogP contribution in [0.1, 0.15) is 43.7 Å². The first kappa shape index (κ1) is 15.7. The molecule has 0 bridgehead atoms. The summed E-state index contributed by atoms with van der Waals surface area (Å²) in [7, 11) is 0. The summed E-state index contributed by atoms with van der Waals surface area (Å²) < 4.78 is 5.14. The topological polar surface area (TPSA) is 38.3 Å². The Balaban J connectivity index is 2.01. The summed E-state index contributed by atoms with van der Waals surface area (Å²) in [5.74, 6) is -0.0689. The number of benzene rings is 1. The smallest absolute Gasteiger partial charge is 0.305 e. The number of aryl methyl sites for hydroxylation is 1. The molecule has 0 aliphatic rings. The molecule has 3 nitrogen and oxygen atoms in total. The van der Waals surface area contributed by atoms with Crippen molar-refractivity contribution >= 4 is 5.97 Å². The number of esters is 1. The van der Waals surface area contributed by atoms with Gasteiger partial charge in [-0.15, -0.1) is 0 Å². The van der Waals surface area contributed by atoms with Crippen molar-refractivity contribution in [2.75, 3.05) is 13.2 Å². The molecule has 0 saturated carbocycles. The second kappa shape index (κ2) is 9.56. The van der Waals surface area contributed by atoms with E-state index in [1.165, 1.54) is 11.1 Å². The average molecular weight is 263 g/mol. The molecule has 1 aromatic rings. The van der Waals surface area contributed by atoms with Crippen LogP contribution in [-0.4, -0.2) is 19.1 Å². The predicted molar refractivity (Wildman–Crippen MR) is 78.0 cm³/mol. The van der Waals surface area contributed by atoms with Crippen LogP contribution >= 0.6 is 0 Å². The first-order valence-corrected chi connectivity index (χ1v) is 7.14.